The molecule has 1 atom stereocenters. The van der Waals surface area contributed by atoms with Gasteiger partial charge in [0.05, 0.1) is 45.4 Å². The Morgan fingerprint density at radius 1 is 0.691 bits per heavy atom. The molecule has 2 aromatic heterocycles. The van der Waals surface area contributed by atoms with Crippen LogP contribution in [0.15, 0.2) is 122 Å². The number of nitrogens with zero attached hydrogens (tertiary/aromatic N) is 6. The van der Waals surface area contributed by atoms with E-state index in [0.717, 1.165) is 22.0 Å². The smallest absolute Gasteiger partial charge is 0.438 e. The second-order valence-corrected chi connectivity index (χ2v) is 11.6. The van der Waals surface area contributed by atoms with Crippen LogP contribution < -0.4 is 19.6 Å². The first-order valence-corrected chi connectivity index (χ1v) is 18.0. The SMILES string of the molecule is COC(=O)N(O)c1ccccc1COc1ccn(-c2ccc(Cl)cc2)n1.COC(=O)N(OC)c1ccccc1COc1ccn(-c2ccc(Cl)cc2)n1.[3H]PC. The summed E-state index contributed by atoms with van der Waals surface area (Å²) in [6.07, 6.45) is 2.04. The lowest BCUT2D eigenvalue weighted by atomic mass is 10.2. The van der Waals surface area contributed by atoms with E-state index < -0.39 is 12.2 Å². The summed E-state index contributed by atoms with van der Waals surface area (Å²) in [5.41, 5.74) is 3.86. The molecule has 0 aliphatic carbocycles. The number of ether oxygens (including phenoxy) is 4. The molecular weight excluding hydrogens is 770 g/mol. The Labute approximate surface area is 331 Å². The Kier molecular flexibility index (Phi) is 15.7. The lowest BCUT2D eigenvalue weighted by Gasteiger charge is -2.20. The van der Waals surface area contributed by atoms with Crippen molar-refractivity contribution < 1.29 is 38.6 Å². The third-order valence-corrected chi connectivity index (χ3v) is 7.87. The van der Waals surface area contributed by atoms with Gasteiger partial charge in [0.2, 0.25) is 11.8 Å². The highest BCUT2D eigenvalue weighted by molar-refractivity contribution is 7.15. The van der Waals surface area contributed by atoms with Crippen LogP contribution in [0, 0.1) is 0 Å². The van der Waals surface area contributed by atoms with Crippen molar-refractivity contribution in [1.82, 2.24) is 19.6 Å². The number of amides is 2. The zero-order valence-corrected chi connectivity index (χ0v) is 32.7. The summed E-state index contributed by atoms with van der Waals surface area (Å²) in [5, 5.41) is 21.4. The lowest BCUT2D eigenvalue weighted by molar-refractivity contribution is 0.115. The molecule has 0 fully saturated rings. The van der Waals surface area contributed by atoms with E-state index in [0.29, 0.717) is 47.3 Å². The topological polar surface area (TPSA) is 143 Å². The van der Waals surface area contributed by atoms with E-state index in [2.05, 4.69) is 14.9 Å². The summed E-state index contributed by atoms with van der Waals surface area (Å²) in [7, 11) is 4.20. The number of anilines is 2. The number of carbonyl (C=O) groups is 2. The molecule has 0 bridgehead atoms. The molecule has 2 amide bonds. The second kappa shape index (κ2) is 21.3. The van der Waals surface area contributed by atoms with E-state index in [1.165, 1.54) is 21.3 Å². The molecule has 55 heavy (non-hydrogen) atoms. The number of rotatable bonds is 11. The highest BCUT2D eigenvalue weighted by atomic mass is 35.5. The number of aromatic nitrogens is 4. The summed E-state index contributed by atoms with van der Waals surface area (Å²) >= 11 is 11.8. The van der Waals surface area contributed by atoms with Gasteiger partial charge in [-0.1, -0.05) is 66.3 Å². The molecule has 0 saturated heterocycles. The number of para-hydroxylation sites is 2. The van der Waals surface area contributed by atoms with Crippen LogP contribution in [0.5, 0.6) is 11.8 Å². The average Bonchev–Trinajstić information content (AvgIpc) is 3.91. The average molecular weight is 812 g/mol. The third-order valence-electron chi connectivity index (χ3n) is 7.36. The minimum absolute atomic E-state index is 0.113. The molecule has 288 valence electrons. The molecule has 4 aromatic carbocycles. The molecule has 1 unspecified atom stereocenters. The fourth-order valence-electron chi connectivity index (χ4n) is 4.76. The van der Waals surface area contributed by atoms with Gasteiger partial charge in [-0.25, -0.2) is 19.0 Å². The van der Waals surface area contributed by atoms with Gasteiger partial charge in [0.1, 0.15) is 13.2 Å². The second-order valence-electron chi connectivity index (χ2n) is 10.7. The van der Waals surface area contributed by atoms with Crippen LogP contribution in [0.2, 0.25) is 10.0 Å². The van der Waals surface area contributed by atoms with E-state index in [9.17, 15) is 14.8 Å². The molecule has 0 spiro atoms. The maximum absolute atomic E-state index is 11.9. The maximum atomic E-state index is 11.9. The molecule has 14 nitrogen and oxygen atoms in total. The molecule has 6 aromatic rings. The van der Waals surface area contributed by atoms with Gasteiger partial charge < -0.3 is 18.9 Å². The van der Waals surface area contributed by atoms with Crippen LogP contribution in [-0.4, -0.2) is 66.2 Å². The summed E-state index contributed by atoms with van der Waals surface area (Å²) < 4.78 is 30.3. The molecule has 0 aliphatic heterocycles. The number of benzene rings is 4. The van der Waals surface area contributed by atoms with Gasteiger partial charge in [0.25, 0.3) is 0 Å². The predicted molar refractivity (Wildman–Crippen MR) is 213 cm³/mol. The molecule has 0 saturated carbocycles. The summed E-state index contributed by atoms with van der Waals surface area (Å²) in [4.78, 5) is 28.5. The molecule has 1 N–H and O–H groups in total. The largest absolute Gasteiger partial charge is 0.472 e. The van der Waals surface area contributed by atoms with Crippen molar-refractivity contribution in [2.24, 2.45) is 0 Å². The number of hydroxylamine groups is 2. The highest BCUT2D eigenvalue weighted by Gasteiger charge is 2.20. The van der Waals surface area contributed by atoms with Gasteiger partial charge in [-0.2, -0.15) is 10.1 Å². The number of halogens is 2. The van der Waals surface area contributed by atoms with E-state index >= 15 is 0 Å². The fourth-order valence-corrected chi connectivity index (χ4v) is 5.01. The van der Waals surface area contributed by atoms with Gasteiger partial charge in [0.15, 0.2) is 0 Å². The maximum Gasteiger partial charge on any atom is 0.438 e. The fraction of sp³-hybridized carbons (Fsp3) is 0.158. The van der Waals surface area contributed by atoms with Crippen LogP contribution in [-0.2, 0) is 27.5 Å². The zero-order chi connectivity index (χ0) is 40.5. The van der Waals surface area contributed by atoms with Gasteiger partial charge >= 0.3 is 12.2 Å². The Morgan fingerprint density at radius 2 is 1.11 bits per heavy atom. The number of methoxy groups -OCH3 is 2. The minimum atomic E-state index is -0.885. The van der Waals surface area contributed by atoms with Crippen molar-refractivity contribution in [2.45, 2.75) is 13.2 Å². The Hall–Kier alpha value is -5.63. The highest BCUT2D eigenvalue weighted by Crippen LogP contribution is 2.25. The summed E-state index contributed by atoms with van der Waals surface area (Å²) in [5.74, 6) is 0.846. The van der Waals surface area contributed by atoms with Gasteiger partial charge in [0, 0.05) is 45.7 Å². The van der Waals surface area contributed by atoms with Crippen molar-refractivity contribution in [3.05, 3.63) is 143 Å². The van der Waals surface area contributed by atoms with Crippen molar-refractivity contribution in [3.8, 4) is 23.1 Å². The van der Waals surface area contributed by atoms with E-state index in [4.69, 9.17) is 43.5 Å². The van der Waals surface area contributed by atoms with E-state index in [1.807, 2.05) is 43.1 Å². The van der Waals surface area contributed by atoms with E-state index in [1.54, 1.807) is 94.6 Å². The molecule has 6 rings (SSSR count). The van der Waals surface area contributed by atoms with Crippen LogP contribution in [0.3, 0.4) is 0 Å². The number of hydrogen-bond acceptors (Lipinski definition) is 10. The quantitative estimate of drug-likeness (QED) is 0.0767. The van der Waals surface area contributed by atoms with Crippen molar-refractivity contribution >= 4 is 55.9 Å². The third kappa shape index (κ3) is 11.7. The molecule has 17 heteroatoms. The predicted octanol–water partition coefficient (Wildman–Crippen LogP) is 8.80. The van der Waals surface area contributed by atoms with Crippen LogP contribution in [0.4, 0.5) is 21.0 Å². The van der Waals surface area contributed by atoms with Gasteiger partial charge in [-0.15, -0.1) is 19.4 Å². The Bertz CT molecular complexity index is 2140. The number of hydrogen-bond donors (Lipinski definition) is 1. The van der Waals surface area contributed by atoms with Crippen LogP contribution in [0.25, 0.3) is 11.4 Å². The van der Waals surface area contributed by atoms with Crippen molar-refractivity contribution in [1.29, 1.82) is 1.28 Å². The molecule has 0 radical (unpaired) electrons. The molecule has 2 heterocycles. The van der Waals surface area contributed by atoms with Crippen LogP contribution >= 0.6 is 32.4 Å². The Balaban J connectivity index is 0.000000233. The first-order valence-electron chi connectivity index (χ1n) is 16.7. The molecular formula is C38H39Cl2N6O8P. The standard InChI is InChI=1S/C19H18ClN3O4.C18H16ClN3O4.CH5P/c1-25-19(24)23(26-2)17-6-4-3-5-14(17)13-27-18-11-12-22(21-18)16-9-7-15(20)8-10-16;1-25-18(23)22(24)16-5-3-2-4-13(16)12-26-17-10-11-21(20-17)15-8-6-14(19)7-9-15;1-2/h3-12H,13H2,1-2H3;2-11,24H,12H2,1H3;2H2,1H3/i;;2T. The first-order chi connectivity index (χ1) is 27.1. The summed E-state index contributed by atoms with van der Waals surface area (Å²) in [6.45, 7) is 2.13. The van der Waals surface area contributed by atoms with Gasteiger partial charge in [-0.05, 0) is 60.7 Å². The minimum Gasteiger partial charge on any atom is -0.472 e. The first kappa shape index (κ1) is 40.6. The zero-order valence-electron chi connectivity index (χ0n) is 31.2. The lowest BCUT2D eigenvalue weighted by Crippen LogP contribution is -2.30. The van der Waals surface area contributed by atoms with Crippen molar-refractivity contribution in [3.63, 3.8) is 0 Å². The van der Waals surface area contributed by atoms with E-state index in [-0.39, 0.29) is 18.9 Å². The molecule has 0 aliphatic rings. The monoisotopic (exact) mass is 810 g/mol. The number of carbonyl (C=O) groups excluding carboxylic acids is 2. The summed E-state index contributed by atoms with van der Waals surface area (Å²) in [6, 6.07) is 32.0. The van der Waals surface area contributed by atoms with Crippen molar-refractivity contribution in [2.75, 3.05) is 38.1 Å². The van der Waals surface area contributed by atoms with Crippen LogP contribution in [0.1, 0.15) is 11.1 Å². The Morgan fingerprint density at radius 3 is 1.55 bits per heavy atom. The van der Waals surface area contributed by atoms with Gasteiger partial charge in [-0.3, -0.25) is 10.0 Å². The normalized spacial score (nSPS) is 10.6.